The second-order valence-electron chi connectivity index (χ2n) is 6.30. The van der Waals surface area contributed by atoms with Gasteiger partial charge in [0.15, 0.2) is 5.69 Å². The molecule has 0 aliphatic heterocycles. The van der Waals surface area contributed by atoms with Crippen LogP contribution in [0.2, 0.25) is 0 Å². The van der Waals surface area contributed by atoms with Crippen LogP contribution in [0, 0.1) is 0 Å². The number of furan rings is 1. The van der Waals surface area contributed by atoms with E-state index in [1.165, 1.54) is 7.11 Å². The van der Waals surface area contributed by atoms with Gasteiger partial charge in [-0.15, -0.1) is 0 Å². The summed E-state index contributed by atoms with van der Waals surface area (Å²) < 4.78 is 10.5. The second kappa shape index (κ2) is 9.56. The van der Waals surface area contributed by atoms with E-state index in [4.69, 9.17) is 14.9 Å². The van der Waals surface area contributed by atoms with E-state index in [9.17, 15) is 9.59 Å². The Labute approximate surface area is 167 Å². The Balaban J connectivity index is 1.69. The summed E-state index contributed by atoms with van der Waals surface area (Å²) in [6, 6.07) is 10.1. The maximum absolute atomic E-state index is 12.5. The van der Waals surface area contributed by atoms with Crippen LogP contribution in [0.25, 0.3) is 0 Å². The first kappa shape index (κ1) is 20.2. The number of ether oxygens (including phenoxy) is 1. The van der Waals surface area contributed by atoms with Gasteiger partial charge in [-0.1, -0.05) is 0 Å². The van der Waals surface area contributed by atoms with Gasteiger partial charge in [-0.2, -0.15) is 5.10 Å². The molecule has 0 fully saturated rings. The SMILES string of the molecule is COc1ccc(NC(=O)c2cc(Cc3ccco3)[nH]n2)cc1C(=O)NCCCN. The first-order valence-corrected chi connectivity index (χ1v) is 9.15. The summed E-state index contributed by atoms with van der Waals surface area (Å²) in [4.78, 5) is 24.9. The first-order valence-electron chi connectivity index (χ1n) is 9.15. The molecule has 5 N–H and O–H groups in total. The van der Waals surface area contributed by atoms with Crippen LogP contribution in [0.5, 0.6) is 5.75 Å². The summed E-state index contributed by atoms with van der Waals surface area (Å²) in [5, 5.41) is 12.4. The average Bonchev–Trinajstić information content (AvgIpc) is 3.40. The molecule has 3 aromatic rings. The third kappa shape index (κ3) is 5.23. The maximum atomic E-state index is 12.5. The number of H-pyrrole nitrogens is 1. The van der Waals surface area contributed by atoms with Crippen LogP contribution >= 0.6 is 0 Å². The fourth-order valence-electron chi connectivity index (χ4n) is 2.73. The number of anilines is 1. The van der Waals surface area contributed by atoms with Gasteiger partial charge in [0.1, 0.15) is 11.5 Å². The molecular formula is C20H23N5O4. The Morgan fingerprint density at radius 1 is 1.24 bits per heavy atom. The van der Waals surface area contributed by atoms with E-state index >= 15 is 0 Å². The molecule has 2 heterocycles. The number of aromatic nitrogens is 2. The highest BCUT2D eigenvalue weighted by Gasteiger charge is 2.16. The van der Waals surface area contributed by atoms with Gasteiger partial charge >= 0.3 is 0 Å². The number of benzene rings is 1. The van der Waals surface area contributed by atoms with E-state index in [1.54, 1.807) is 36.6 Å². The quantitative estimate of drug-likeness (QED) is 0.408. The van der Waals surface area contributed by atoms with E-state index in [0.29, 0.717) is 42.9 Å². The van der Waals surface area contributed by atoms with Gasteiger partial charge in [-0.05, 0) is 49.4 Å². The monoisotopic (exact) mass is 397 g/mol. The third-order valence-corrected chi connectivity index (χ3v) is 4.18. The molecule has 0 atom stereocenters. The standard InChI is InChI=1S/C20H23N5O4/c1-28-18-6-5-13(11-16(18)19(26)22-8-3-7-21)23-20(27)17-12-14(24-25-17)10-15-4-2-9-29-15/h2,4-6,9,11-12H,3,7-8,10,21H2,1H3,(H,22,26)(H,23,27)(H,24,25). The number of nitrogens with one attached hydrogen (secondary N) is 3. The molecule has 29 heavy (non-hydrogen) atoms. The topological polar surface area (TPSA) is 135 Å². The summed E-state index contributed by atoms with van der Waals surface area (Å²) >= 11 is 0. The van der Waals surface area contributed by atoms with Crippen molar-refractivity contribution in [2.45, 2.75) is 12.8 Å². The summed E-state index contributed by atoms with van der Waals surface area (Å²) in [5.74, 6) is 0.480. The van der Waals surface area contributed by atoms with Crippen LogP contribution in [0.4, 0.5) is 5.69 Å². The number of carbonyl (C=O) groups is 2. The van der Waals surface area contributed by atoms with Crippen molar-refractivity contribution in [3.05, 3.63) is 65.4 Å². The highest BCUT2D eigenvalue weighted by molar-refractivity contribution is 6.04. The molecule has 2 aromatic heterocycles. The lowest BCUT2D eigenvalue weighted by Crippen LogP contribution is -2.26. The smallest absolute Gasteiger partial charge is 0.276 e. The zero-order chi connectivity index (χ0) is 20.6. The summed E-state index contributed by atoms with van der Waals surface area (Å²) in [7, 11) is 1.48. The molecule has 152 valence electrons. The number of amides is 2. The van der Waals surface area contributed by atoms with Crippen molar-refractivity contribution in [1.82, 2.24) is 15.5 Å². The van der Waals surface area contributed by atoms with Gasteiger partial charge in [-0.3, -0.25) is 14.7 Å². The van der Waals surface area contributed by atoms with Crippen molar-refractivity contribution in [1.29, 1.82) is 0 Å². The highest BCUT2D eigenvalue weighted by Crippen LogP contribution is 2.23. The minimum atomic E-state index is -0.397. The van der Waals surface area contributed by atoms with Crippen molar-refractivity contribution in [2.24, 2.45) is 5.73 Å². The van der Waals surface area contributed by atoms with Crippen LogP contribution < -0.4 is 21.1 Å². The zero-order valence-electron chi connectivity index (χ0n) is 16.0. The molecule has 1 aromatic carbocycles. The van der Waals surface area contributed by atoms with Crippen molar-refractivity contribution < 1.29 is 18.7 Å². The molecule has 0 spiro atoms. The lowest BCUT2D eigenvalue weighted by molar-refractivity contribution is 0.0949. The van der Waals surface area contributed by atoms with Gasteiger partial charge in [0.2, 0.25) is 0 Å². The fraction of sp³-hybridized carbons (Fsp3) is 0.250. The largest absolute Gasteiger partial charge is 0.496 e. The highest BCUT2D eigenvalue weighted by atomic mass is 16.5. The molecule has 0 saturated heterocycles. The molecular weight excluding hydrogens is 374 g/mol. The Morgan fingerprint density at radius 3 is 2.83 bits per heavy atom. The number of hydrogen-bond acceptors (Lipinski definition) is 6. The molecule has 3 rings (SSSR count). The summed E-state index contributed by atoms with van der Waals surface area (Å²) in [5.41, 5.74) is 7.20. The number of hydrogen-bond donors (Lipinski definition) is 4. The normalized spacial score (nSPS) is 10.6. The van der Waals surface area contributed by atoms with Crippen LogP contribution in [-0.2, 0) is 6.42 Å². The number of rotatable bonds is 9. The lowest BCUT2D eigenvalue weighted by Gasteiger charge is -2.11. The van der Waals surface area contributed by atoms with E-state index < -0.39 is 5.91 Å². The zero-order valence-corrected chi connectivity index (χ0v) is 16.0. The fourth-order valence-corrected chi connectivity index (χ4v) is 2.73. The Bertz CT molecular complexity index is 965. The first-order chi connectivity index (χ1) is 14.1. The van der Waals surface area contributed by atoms with E-state index in [1.807, 2.05) is 6.07 Å². The molecule has 0 aliphatic rings. The predicted octanol–water partition coefficient (Wildman–Crippen LogP) is 1.93. The van der Waals surface area contributed by atoms with Crippen molar-refractivity contribution >= 4 is 17.5 Å². The average molecular weight is 397 g/mol. The minimum Gasteiger partial charge on any atom is -0.496 e. The van der Waals surface area contributed by atoms with Crippen LogP contribution in [0.15, 0.2) is 47.1 Å². The van der Waals surface area contributed by atoms with Crippen LogP contribution in [-0.4, -0.2) is 42.2 Å². The maximum Gasteiger partial charge on any atom is 0.276 e. The van der Waals surface area contributed by atoms with Gasteiger partial charge in [0.25, 0.3) is 11.8 Å². The van der Waals surface area contributed by atoms with Gasteiger partial charge in [0.05, 0.1) is 18.9 Å². The number of nitrogens with zero attached hydrogens (tertiary/aromatic N) is 1. The number of methoxy groups -OCH3 is 1. The molecule has 0 unspecified atom stereocenters. The molecule has 9 heteroatoms. The number of carbonyl (C=O) groups excluding carboxylic acids is 2. The summed E-state index contributed by atoms with van der Waals surface area (Å²) in [6.45, 7) is 0.944. The van der Waals surface area contributed by atoms with Crippen LogP contribution in [0.3, 0.4) is 0 Å². The molecule has 0 saturated carbocycles. The second-order valence-corrected chi connectivity index (χ2v) is 6.30. The van der Waals surface area contributed by atoms with Gasteiger partial charge in [0, 0.05) is 24.3 Å². The van der Waals surface area contributed by atoms with Crippen molar-refractivity contribution in [2.75, 3.05) is 25.5 Å². The van der Waals surface area contributed by atoms with E-state index in [-0.39, 0.29) is 11.6 Å². The Morgan fingerprint density at radius 2 is 2.10 bits per heavy atom. The lowest BCUT2D eigenvalue weighted by atomic mass is 10.1. The van der Waals surface area contributed by atoms with Gasteiger partial charge in [-0.25, -0.2) is 0 Å². The van der Waals surface area contributed by atoms with E-state index in [0.717, 1.165) is 11.5 Å². The predicted molar refractivity (Wildman–Crippen MR) is 107 cm³/mol. The number of nitrogens with two attached hydrogens (primary N) is 1. The summed E-state index contributed by atoms with van der Waals surface area (Å²) in [6.07, 6.45) is 2.76. The van der Waals surface area contributed by atoms with Crippen LogP contribution in [0.1, 0.15) is 38.7 Å². The molecule has 9 nitrogen and oxygen atoms in total. The van der Waals surface area contributed by atoms with E-state index in [2.05, 4.69) is 20.8 Å². The number of aromatic amines is 1. The molecule has 0 bridgehead atoms. The molecule has 2 amide bonds. The van der Waals surface area contributed by atoms with Crippen molar-refractivity contribution in [3.8, 4) is 5.75 Å². The molecule has 0 aliphatic carbocycles. The van der Waals surface area contributed by atoms with Crippen molar-refractivity contribution in [3.63, 3.8) is 0 Å². The minimum absolute atomic E-state index is 0.233. The molecule has 0 radical (unpaired) electrons. The Hall–Kier alpha value is -3.59. The Kier molecular flexibility index (Phi) is 6.64. The third-order valence-electron chi connectivity index (χ3n) is 4.18. The van der Waals surface area contributed by atoms with Gasteiger partial charge < -0.3 is 25.5 Å².